The van der Waals surface area contributed by atoms with Crippen molar-refractivity contribution in [2.45, 2.75) is 6.04 Å². The van der Waals surface area contributed by atoms with Gasteiger partial charge in [0.2, 0.25) is 0 Å². The van der Waals surface area contributed by atoms with Crippen molar-refractivity contribution in [1.82, 2.24) is 0 Å². The zero-order chi connectivity index (χ0) is 12.7. The lowest BCUT2D eigenvalue weighted by Crippen LogP contribution is -2.09. The lowest BCUT2D eigenvalue weighted by molar-refractivity contribution is 0.526. The molecule has 0 aliphatic rings. The highest BCUT2D eigenvalue weighted by atomic mass is 79.9. The Kier molecular flexibility index (Phi) is 3.32. The van der Waals surface area contributed by atoms with E-state index in [1.807, 2.05) is 35.7 Å². The fraction of sp³-hybridized carbons (Fsp3) is 0.0769. The average Bonchev–Trinajstić information content (AvgIpc) is 2.95. The Morgan fingerprint density at radius 3 is 2.67 bits per heavy atom. The third kappa shape index (κ3) is 2.05. The molecule has 18 heavy (non-hydrogen) atoms. The second-order valence-corrected chi connectivity index (χ2v) is 6.57. The van der Waals surface area contributed by atoms with Crippen molar-refractivity contribution in [1.29, 1.82) is 0 Å². The maximum Gasteiger partial charge on any atom is 0.148 e. The van der Waals surface area contributed by atoms with Crippen molar-refractivity contribution >= 4 is 54.2 Å². The summed E-state index contributed by atoms with van der Waals surface area (Å²) in [5.41, 5.74) is 7.09. The van der Waals surface area contributed by atoms with Crippen LogP contribution in [-0.2, 0) is 0 Å². The molecule has 2 aromatic heterocycles. The second-order valence-electron chi connectivity index (χ2n) is 3.92. The molecule has 0 spiro atoms. The van der Waals surface area contributed by atoms with Gasteiger partial charge >= 0.3 is 0 Å². The van der Waals surface area contributed by atoms with E-state index in [2.05, 4.69) is 31.9 Å². The molecule has 1 atom stereocenters. The Labute approximate surface area is 125 Å². The number of fused-ring (bicyclic) bond motifs is 1. The molecule has 2 nitrogen and oxygen atoms in total. The van der Waals surface area contributed by atoms with Crippen LogP contribution in [0.3, 0.4) is 0 Å². The van der Waals surface area contributed by atoms with Crippen LogP contribution in [0.2, 0.25) is 0 Å². The normalized spacial score (nSPS) is 13.1. The highest BCUT2D eigenvalue weighted by Gasteiger charge is 2.18. The van der Waals surface area contributed by atoms with E-state index in [1.54, 1.807) is 11.3 Å². The van der Waals surface area contributed by atoms with Gasteiger partial charge in [-0.2, -0.15) is 0 Å². The first-order valence-corrected chi connectivity index (χ1v) is 7.80. The van der Waals surface area contributed by atoms with Gasteiger partial charge in [-0.1, -0.05) is 12.1 Å². The largest absolute Gasteiger partial charge is 0.458 e. The number of nitrogens with two attached hydrogens (primary N) is 1. The third-order valence-corrected chi connectivity index (χ3v) is 5.33. The van der Waals surface area contributed by atoms with E-state index in [4.69, 9.17) is 10.2 Å². The molecule has 1 unspecified atom stereocenters. The van der Waals surface area contributed by atoms with E-state index in [0.717, 1.165) is 30.6 Å². The minimum Gasteiger partial charge on any atom is -0.458 e. The topological polar surface area (TPSA) is 39.2 Å². The quantitative estimate of drug-likeness (QED) is 0.667. The summed E-state index contributed by atoms with van der Waals surface area (Å²) in [6.45, 7) is 0. The van der Waals surface area contributed by atoms with Crippen molar-refractivity contribution in [2.24, 2.45) is 5.73 Å². The summed E-state index contributed by atoms with van der Waals surface area (Å²) in [5.74, 6) is 0.778. The van der Waals surface area contributed by atoms with Crippen LogP contribution in [0.15, 0.2) is 49.1 Å². The first-order valence-electron chi connectivity index (χ1n) is 5.33. The molecule has 5 heteroatoms. The standard InChI is InChI=1S/C13H9Br2NOS/c14-8-3-1-2-7-6-10(17-12(7)8)11(16)13-9(15)4-5-18-13/h1-6,11H,16H2. The Hall–Kier alpha value is -0.620. The molecule has 2 heterocycles. The van der Waals surface area contributed by atoms with Gasteiger partial charge in [-0.15, -0.1) is 11.3 Å². The number of rotatable bonds is 2. The van der Waals surface area contributed by atoms with Gasteiger partial charge in [-0.3, -0.25) is 0 Å². The molecule has 0 bridgehead atoms. The number of thiophene rings is 1. The number of benzene rings is 1. The number of halogens is 2. The van der Waals surface area contributed by atoms with Crippen molar-refractivity contribution in [2.75, 3.05) is 0 Å². The molecule has 0 aliphatic heterocycles. The van der Waals surface area contributed by atoms with E-state index in [0.29, 0.717) is 0 Å². The Morgan fingerprint density at radius 1 is 1.17 bits per heavy atom. The van der Waals surface area contributed by atoms with E-state index in [1.165, 1.54) is 0 Å². The van der Waals surface area contributed by atoms with Gasteiger partial charge in [0.1, 0.15) is 11.3 Å². The third-order valence-electron chi connectivity index (χ3n) is 2.75. The summed E-state index contributed by atoms with van der Waals surface area (Å²) in [6, 6.07) is 9.72. The number of furan rings is 1. The first kappa shape index (κ1) is 12.4. The lowest BCUT2D eigenvalue weighted by Gasteiger charge is -2.06. The lowest BCUT2D eigenvalue weighted by atomic mass is 10.2. The second kappa shape index (κ2) is 4.81. The molecule has 0 fully saturated rings. The maximum absolute atomic E-state index is 6.25. The van der Waals surface area contributed by atoms with Crippen molar-refractivity contribution in [3.8, 4) is 0 Å². The molecule has 1 aromatic carbocycles. The SMILES string of the molecule is NC(c1cc2cccc(Br)c2o1)c1sccc1Br. The molecule has 0 saturated carbocycles. The number of para-hydroxylation sites is 1. The molecule has 0 radical (unpaired) electrons. The van der Waals surface area contributed by atoms with E-state index >= 15 is 0 Å². The van der Waals surface area contributed by atoms with E-state index < -0.39 is 0 Å². The molecular weight excluding hydrogens is 378 g/mol. The molecule has 92 valence electrons. The van der Waals surface area contributed by atoms with Gasteiger partial charge in [-0.05, 0) is 55.4 Å². The maximum atomic E-state index is 6.25. The highest BCUT2D eigenvalue weighted by Crippen LogP contribution is 2.35. The van der Waals surface area contributed by atoms with Gasteiger partial charge in [0.25, 0.3) is 0 Å². The summed E-state index contributed by atoms with van der Waals surface area (Å²) in [5, 5.41) is 3.07. The molecule has 2 N–H and O–H groups in total. The number of hydrogen-bond acceptors (Lipinski definition) is 3. The van der Waals surface area contributed by atoms with Crippen LogP contribution in [-0.4, -0.2) is 0 Å². The van der Waals surface area contributed by atoms with Crippen LogP contribution in [0, 0.1) is 0 Å². The zero-order valence-electron chi connectivity index (χ0n) is 9.19. The summed E-state index contributed by atoms with van der Waals surface area (Å²) in [4.78, 5) is 1.07. The van der Waals surface area contributed by atoms with Gasteiger partial charge in [-0.25, -0.2) is 0 Å². The molecule has 0 aliphatic carbocycles. The van der Waals surface area contributed by atoms with Crippen molar-refractivity contribution in [3.05, 3.63) is 55.3 Å². The smallest absolute Gasteiger partial charge is 0.148 e. The van der Waals surface area contributed by atoms with Crippen molar-refractivity contribution < 1.29 is 4.42 Å². The van der Waals surface area contributed by atoms with Gasteiger partial charge in [0.05, 0.1) is 10.5 Å². The molecule has 0 saturated heterocycles. The van der Waals surface area contributed by atoms with Crippen molar-refractivity contribution in [3.63, 3.8) is 0 Å². The summed E-state index contributed by atoms with van der Waals surface area (Å²) in [7, 11) is 0. The van der Waals surface area contributed by atoms with Crippen LogP contribution in [0.5, 0.6) is 0 Å². The zero-order valence-corrected chi connectivity index (χ0v) is 13.2. The van der Waals surface area contributed by atoms with Gasteiger partial charge in [0.15, 0.2) is 0 Å². The summed E-state index contributed by atoms with van der Waals surface area (Å²) < 4.78 is 7.83. The molecule has 3 aromatic rings. The Balaban J connectivity index is 2.10. The predicted molar refractivity (Wildman–Crippen MR) is 82.0 cm³/mol. The molecule has 0 amide bonds. The summed E-state index contributed by atoms with van der Waals surface area (Å²) >= 11 is 8.61. The Morgan fingerprint density at radius 2 is 2.00 bits per heavy atom. The summed E-state index contributed by atoms with van der Waals surface area (Å²) in [6.07, 6.45) is 0. The van der Waals surface area contributed by atoms with Crippen LogP contribution >= 0.6 is 43.2 Å². The van der Waals surface area contributed by atoms with Crippen LogP contribution in [0.4, 0.5) is 0 Å². The predicted octanol–water partition coefficient (Wildman–Crippen LogP) is 5.07. The van der Waals surface area contributed by atoms with Crippen LogP contribution in [0.1, 0.15) is 16.7 Å². The van der Waals surface area contributed by atoms with Gasteiger partial charge < -0.3 is 10.2 Å². The first-order chi connectivity index (χ1) is 8.66. The van der Waals surface area contributed by atoms with E-state index in [-0.39, 0.29) is 6.04 Å². The highest BCUT2D eigenvalue weighted by molar-refractivity contribution is 9.11. The van der Waals surface area contributed by atoms with E-state index in [9.17, 15) is 0 Å². The van der Waals surface area contributed by atoms with Crippen LogP contribution < -0.4 is 5.73 Å². The van der Waals surface area contributed by atoms with Gasteiger partial charge in [0, 0.05) is 14.7 Å². The monoisotopic (exact) mass is 385 g/mol. The minimum atomic E-state index is -0.237. The fourth-order valence-electron chi connectivity index (χ4n) is 1.86. The number of hydrogen-bond donors (Lipinski definition) is 1. The average molecular weight is 387 g/mol. The minimum absolute atomic E-state index is 0.237. The molecule has 3 rings (SSSR count). The van der Waals surface area contributed by atoms with Crippen LogP contribution in [0.25, 0.3) is 11.0 Å². The Bertz CT molecular complexity index is 704. The molecular formula is C13H9Br2NOS. The fourth-order valence-corrected chi connectivity index (χ4v) is 3.95.